The van der Waals surface area contributed by atoms with Crippen molar-refractivity contribution in [2.24, 2.45) is 0 Å². The molecule has 0 unspecified atom stereocenters. The zero-order valence-electron chi connectivity index (χ0n) is 21.2. The molecule has 0 bridgehead atoms. The maximum Gasteiger partial charge on any atom is 0.264 e. The molecule has 0 rings (SSSR count). The highest BCUT2D eigenvalue weighted by molar-refractivity contribution is 7.85. The van der Waals surface area contributed by atoms with Gasteiger partial charge in [-0.3, -0.25) is 4.18 Å². The van der Waals surface area contributed by atoms with Crippen LogP contribution in [-0.4, -0.2) is 21.3 Å². The van der Waals surface area contributed by atoms with Crippen LogP contribution in [0.25, 0.3) is 0 Å². The molecule has 0 saturated heterocycles. The Morgan fingerprint density at radius 3 is 1.25 bits per heavy atom. The molecule has 0 aliphatic carbocycles. The van der Waals surface area contributed by atoms with Crippen LogP contribution in [0.5, 0.6) is 0 Å². The van der Waals surface area contributed by atoms with Gasteiger partial charge in [-0.1, -0.05) is 121 Å². The van der Waals surface area contributed by atoms with Crippen molar-refractivity contribution in [3.8, 4) is 23.7 Å². The van der Waals surface area contributed by atoms with Gasteiger partial charge in [0.1, 0.15) is 0 Å². The van der Waals surface area contributed by atoms with Crippen molar-refractivity contribution in [1.82, 2.24) is 0 Å². The summed E-state index contributed by atoms with van der Waals surface area (Å²) in [5, 5.41) is 0. The maximum atomic E-state index is 10.8. The molecule has 0 saturated carbocycles. The summed E-state index contributed by atoms with van der Waals surface area (Å²) in [5.74, 6) is 12.4. The monoisotopic (exact) mass is 466 g/mol. The van der Waals surface area contributed by atoms with Crippen molar-refractivity contribution in [1.29, 1.82) is 0 Å². The lowest BCUT2D eigenvalue weighted by atomic mass is 10.1. The fourth-order valence-corrected chi connectivity index (χ4v) is 4.10. The lowest BCUT2D eigenvalue weighted by Crippen LogP contribution is -2.03. The van der Waals surface area contributed by atoms with Gasteiger partial charge < -0.3 is 0 Å². The van der Waals surface area contributed by atoms with Gasteiger partial charge in [-0.25, -0.2) is 0 Å². The Kier molecular flexibility index (Phi) is 23.9. The molecule has 0 spiro atoms. The van der Waals surface area contributed by atoms with E-state index in [9.17, 15) is 8.42 Å². The predicted octanol–water partition coefficient (Wildman–Crippen LogP) is 8.18. The lowest BCUT2D eigenvalue weighted by molar-refractivity contribution is 0.309. The Morgan fingerprint density at radius 1 is 0.531 bits per heavy atom. The van der Waals surface area contributed by atoms with Gasteiger partial charge in [0.15, 0.2) is 0 Å². The van der Waals surface area contributed by atoms with Crippen LogP contribution in [0.1, 0.15) is 142 Å². The normalized spacial score (nSPS) is 10.9. The Balaban J connectivity index is 3.26. The third kappa shape index (κ3) is 29.0. The lowest BCUT2D eigenvalue weighted by Gasteiger charge is -2.02. The summed E-state index contributed by atoms with van der Waals surface area (Å²) in [4.78, 5) is 0. The van der Waals surface area contributed by atoms with Crippen molar-refractivity contribution in [3.63, 3.8) is 0 Å². The molecule has 0 aromatic carbocycles. The third-order valence-corrected chi connectivity index (χ3v) is 6.23. The second kappa shape index (κ2) is 24.7. The molecular formula is C28H50O3S. The van der Waals surface area contributed by atoms with Crippen LogP contribution in [0, 0.1) is 23.7 Å². The summed E-state index contributed by atoms with van der Waals surface area (Å²) in [5.41, 5.74) is 0. The smallest absolute Gasteiger partial charge is 0.264 e. The Hall–Kier alpha value is -0.970. The van der Waals surface area contributed by atoms with Gasteiger partial charge >= 0.3 is 0 Å². The van der Waals surface area contributed by atoms with E-state index in [1.54, 1.807) is 0 Å². The van der Waals surface area contributed by atoms with Crippen molar-refractivity contribution in [2.75, 3.05) is 12.9 Å². The predicted molar refractivity (Wildman–Crippen MR) is 139 cm³/mol. The molecule has 32 heavy (non-hydrogen) atoms. The van der Waals surface area contributed by atoms with E-state index >= 15 is 0 Å². The Morgan fingerprint density at radius 2 is 0.875 bits per heavy atom. The molecule has 0 aliphatic rings. The summed E-state index contributed by atoms with van der Waals surface area (Å²) in [6.07, 6.45) is 27.3. The van der Waals surface area contributed by atoms with E-state index in [-0.39, 0.29) is 0 Å². The van der Waals surface area contributed by atoms with E-state index in [0.717, 1.165) is 38.4 Å². The van der Waals surface area contributed by atoms with Crippen molar-refractivity contribution in [2.45, 2.75) is 142 Å². The van der Waals surface area contributed by atoms with Crippen LogP contribution in [0.3, 0.4) is 0 Å². The van der Waals surface area contributed by atoms with E-state index in [1.165, 1.54) is 103 Å². The number of unbranched alkanes of at least 4 members (excludes halogenated alkanes) is 19. The SMILES string of the molecule is CCCCCCCCCCCCC#CC#CCCCCCCCCCCCOS(C)(=O)=O. The third-order valence-electron chi connectivity index (χ3n) is 5.64. The van der Waals surface area contributed by atoms with Gasteiger partial charge in [0.2, 0.25) is 0 Å². The number of rotatable bonds is 22. The Labute approximate surface area is 201 Å². The largest absolute Gasteiger partial charge is 0.270 e. The number of hydrogen-bond acceptors (Lipinski definition) is 3. The van der Waals surface area contributed by atoms with Crippen LogP contribution < -0.4 is 0 Å². The molecule has 0 atom stereocenters. The molecule has 0 aliphatic heterocycles. The zero-order chi connectivity index (χ0) is 23.6. The first-order valence-corrected chi connectivity index (χ1v) is 15.2. The average Bonchev–Trinajstić information content (AvgIpc) is 2.75. The van der Waals surface area contributed by atoms with Crippen LogP contribution in [0.4, 0.5) is 0 Å². The van der Waals surface area contributed by atoms with Gasteiger partial charge in [0, 0.05) is 12.8 Å². The van der Waals surface area contributed by atoms with Crippen LogP contribution in [0.15, 0.2) is 0 Å². The molecule has 0 aromatic rings. The van der Waals surface area contributed by atoms with E-state index in [2.05, 4.69) is 30.6 Å². The maximum absolute atomic E-state index is 10.8. The van der Waals surface area contributed by atoms with Crippen molar-refractivity contribution in [3.05, 3.63) is 0 Å². The summed E-state index contributed by atoms with van der Waals surface area (Å²) in [6.45, 7) is 2.60. The minimum absolute atomic E-state index is 0.323. The van der Waals surface area contributed by atoms with Gasteiger partial charge in [-0.05, 0) is 31.1 Å². The molecule has 0 N–H and O–H groups in total. The van der Waals surface area contributed by atoms with Crippen LogP contribution in [-0.2, 0) is 14.3 Å². The minimum atomic E-state index is -3.27. The van der Waals surface area contributed by atoms with E-state index < -0.39 is 10.1 Å². The molecule has 0 fully saturated rings. The van der Waals surface area contributed by atoms with Gasteiger partial charge in [0.25, 0.3) is 10.1 Å². The first-order valence-electron chi connectivity index (χ1n) is 13.4. The summed E-state index contributed by atoms with van der Waals surface area (Å²) < 4.78 is 26.4. The second-order valence-electron chi connectivity index (χ2n) is 8.99. The first-order chi connectivity index (χ1) is 15.6. The minimum Gasteiger partial charge on any atom is -0.270 e. The second-order valence-corrected chi connectivity index (χ2v) is 10.6. The van der Waals surface area contributed by atoms with Gasteiger partial charge in [-0.2, -0.15) is 8.42 Å². The number of hydrogen-bond donors (Lipinski definition) is 0. The molecule has 0 amide bonds. The van der Waals surface area contributed by atoms with E-state index in [4.69, 9.17) is 4.18 Å². The van der Waals surface area contributed by atoms with Gasteiger partial charge in [0.05, 0.1) is 12.9 Å². The van der Waals surface area contributed by atoms with E-state index in [1.807, 2.05) is 0 Å². The first kappa shape index (κ1) is 31.0. The highest BCUT2D eigenvalue weighted by atomic mass is 32.2. The molecular weight excluding hydrogens is 416 g/mol. The van der Waals surface area contributed by atoms with E-state index in [0.29, 0.717) is 6.61 Å². The average molecular weight is 467 g/mol. The highest BCUT2D eigenvalue weighted by Crippen LogP contribution is 2.12. The molecule has 186 valence electrons. The standard InChI is InChI=1S/C28H50O3S/c1-3-4-5-6-7-8-9-10-11-12-13-14-15-16-17-18-19-20-21-22-23-24-25-26-27-28-31-32(2,29)30/h3-13,18-28H2,1-2H3. The zero-order valence-corrected chi connectivity index (χ0v) is 22.0. The highest BCUT2D eigenvalue weighted by Gasteiger charge is 2.00. The van der Waals surface area contributed by atoms with Crippen molar-refractivity contribution < 1.29 is 12.6 Å². The molecule has 0 heterocycles. The van der Waals surface area contributed by atoms with Crippen molar-refractivity contribution >= 4 is 10.1 Å². The molecule has 4 heteroatoms. The summed E-state index contributed by atoms with van der Waals surface area (Å²) >= 11 is 0. The fourth-order valence-electron chi connectivity index (χ4n) is 3.68. The molecule has 3 nitrogen and oxygen atoms in total. The summed E-state index contributed by atoms with van der Waals surface area (Å²) in [7, 11) is -3.27. The van der Waals surface area contributed by atoms with Crippen LogP contribution in [0.2, 0.25) is 0 Å². The van der Waals surface area contributed by atoms with Crippen LogP contribution >= 0.6 is 0 Å². The topological polar surface area (TPSA) is 43.4 Å². The quantitative estimate of drug-likeness (QED) is 0.0917. The molecule has 0 aromatic heterocycles. The summed E-state index contributed by atoms with van der Waals surface area (Å²) in [6, 6.07) is 0. The van der Waals surface area contributed by atoms with Gasteiger partial charge in [-0.15, -0.1) is 0 Å². The molecule has 0 radical (unpaired) electrons. The fraction of sp³-hybridized carbons (Fsp3) is 0.857. The Bertz CT molecular complexity index is 617.